The molecule has 2 N–H and O–H groups in total. The van der Waals surface area contributed by atoms with Crippen LogP contribution in [0.2, 0.25) is 0 Å². The Labute approximate surface area is 175 Å². The van der Waals surface area contributed by atoms with E-state index in [2.05, 4.69) is 6.07 Å². The van der Waals surface area contributed by atoms with Crippen molar-refractivity contribution in [2.75, 3.05) is 13.1 Å². The molecule has 1 aromatic carbocycles. The van der Waals surface area contributed by atoms with Crippen LogP contribution in [0.1, 0.15) is 37.8 Å². The first-order valence-electron chi connectivity index (χ1n) is 10.7. The van der Waals surface area contributed by atoms with Crippen molar-refractivity contribution in [1.82, 2.24) is 14.7 Å². The molecule has 0 spiro atoms. The van der Waals surface area contributed by atoms with E-state index in [1.807, 2.05) is 11.8 Å². The molecule has 2 bridgehead atoms. The first kappa shape index (κ1) is 19.5. The Bertz CT molecular complexity index is 932. The zero-order chi connectivity index (χ0) is 21.2. The van der Waals surface area contributed by atoms with E-state index in [9.17, 15) is 19.2 Å². The van der Waals surface area contributed by atoms with E-state index in [0.29, 0.717) is 31.0 Å². The SMILES string of the molecule is C[C@H](c1ccccc1F)N1C(=O)[C@H]2CC1CN2C[C@H](N)C(=O)N1[C@H](C#N)CC2C[C@@H]21. The van der Waals surface area contributed by atoms with Gasteiger partial charge in [-0.05, 0) is 38.2 Å². The minimum atomic E-state index is -0.746. The molecule has 2 unspecified atom stereocenters. The summed E-state index contributed by atoms with van der Waals surface area (Å²) in [4.78, 5) is 31.4. The van der Waals surface area contributed by atoms with Crippen molar-refractivity contribution in [3.05, 3.63) is 35.6 Å². The fourth-order valence-electron chi connectivity index (χ4n) is 5.77. The second-order valence-corrected chi connectivity index (χ2v) is 9.10. The predicted octanol–water partition coefficient (Wildman–Crippen LogP) is 1.01. The fourth-order valence-corrected chi connectivity index (χ4v) is 5.77. The van der Waals surface area contributed by atoms with Gasteiger partial charge in [0.1, 0.15) is 11.9 Å². The quantitative estimate of drug-likeness (QED) is 0.781. The van der Waals surface area contributed by atoms with Crippen molar-refractivity contribution >= 4 is 11.8 Å². The fraction of sp³-hybridized carbons (Fsp3) is 0.591. The summed E-state index contributed by atoms with van der Waals surface area (Å²) in [7, 11) is 0. The highest BCUT2D eigenvalue weighted by Crippen LogP contribution is 2.48. The zero-order valence-electron chi connectivity index (χ0n) is 16.9. The normalized spacial score (nSPS) is 34.1. The number of benzene rings is 1. The van der Waals surface area contributed by atoms with E-state index in [0.717, 1.165) is 12.8 Å². The number of halogens is 1. The molecule has 7 atom stereocenters. The first-order valence-corrected chi connectivity index (χ1v) is 10.7. The second-order valence-electron chi connectivity index (χ2n) is 9.10. The summed E-state index contributed by atoms with van der Waals surface area (Å²) in [6.45, 7) is 2.79. The van der Waals surface area contributed by atoms with Crippen LogP contribution in [0.5, 0.6) is 0 Å². The van der Waals surface area contributed by atoms with Gasteiger partial charge in [0.15, 0.2) is 0 Å². The summed E-state index contributed by atoms with van der Waals surface area (Å²) in [5.41, 5.74) is 6.76. The topological polar surface area (TPSA) is 93.7 Å². The Morgan fingerprint density at radius 2 is 2.10 bits per heavy atom. The van der Waals surface area contributed by atoms with Crippen LogP contribution in [0, 0.1) is 23.1 Å². The van der Waals surface area contributed by atoms with Gasteiger partial charge in [-0.1, -0.05) is 18.2 Å². The predicted molar refractivity (Wildman–Crippen MR) is 106 cm³/mol. The number of hydrogen-bond acceptors (Lipinski definition) is 5. The third-order valence-electron chi connectivity index (χ3n) is 7.34. The maximum absolute atomic E-state index is 14.2. The summed E-state index contributed by atoms with van der Waals surface area (Å²) in [6, 6.07) is 7.17. The van der Waals surface area contributed by atoms with Gasteiger partial charge in [0.2, 0.25) is 11.8 Å². The average molecular weight is 411 g/mol. The van der Waals surface area contributed by atoms with Crippen LogP contribution in [0.15, 0.2) is 24.3 Å². The van der Waals surface area contributed by atoms with Crippen LogP contribution in [0.25, 0.3) is 0 Å². The molecule has 1 aromatic rings. The van der Waals surface area contributed by atoms with Crippen LogP contribution in [-0.2, 0) is 9.59 Å². The average Bonchev–Trinajstić information content (AvgIpc) is 3.07. The molecule has 4 aliphatic rings. The number of carbonyl (C=O) groups is 2. The lowest BCUT2D eigenvalue weighted by Crippen LogP contribution is -2.57. The van der Waals surface area contributed by atoms with Gasteiger partial charge in [0, 0.05) is 30.7 Å². The number of rotatable bonds is 5. The highest BCUT2D eigenvalue weighted by atomic mass is 19.1. The smallest absolute Gasteiger partial charge is 0.242 e. The maximum Gasteiger partial charge on any atom is 0.242 e. The van der Waals surface area contributed by atoms with Crippen molar-refractivity contribution in [1.29, 1.82) is 5.26 Å². The summed E-state index contributed by atoms with van der Waals surface area (Å²) in [5.74, 6) is -0.0666. The van der Waals surface area contributed by atoms with E-state index in [1.54, 1.807) is 28.0 Å². The maximum atomic E-state index is 14.2. The number of piperidine rings is 1. The van der Waals surface area contributed by atoms with E-state index in [1.165, 1.54) is 6.07 Å². The van der Waals surface area contributed by atoms with Gasteiger partial charge in [-0.15, -0.1) is 0 Å². The molecule has 2 amide bonds. The molecular formula is C22H26FN5O2. The van der Waals surface area contributed by atoms with Gasteiger partial charge in [-0.3, -0.25) is 14.5 Å². The lowest BCUT2D eigenvalue weighted by atomic mass is 10.0. The first-order chi connectivity index (χ1) is 14.4. The number of likely N-dealkylation sites (tertiary alicyclic amines) is 3. The molecule has 5 rings (SSSR count). The lowest BCUT2D eigenvalue weighted by Gasteiger charge is -2.38. The molecule has 0 radical (unpaired) electrons. The molecule has 1 saturated carbocycles. The van der Waals surface area contributed by atoms with Crippen molar-refractivity contribution in [3.8, 4) is 6.07 Å². The molecule has 158 valence electrons. The van der Waals surface area contributed by atoms with Crippen LogP contribution in [-0.4, -0.2) is 69.8 Å². The minimum absolute atomic E-state index is 0.00846. The van der Waals surface area contributed by atoms with E-state index in [4.69, 9.17) is 5.73 Å². The van der Waals surface area contributed by atoms with Crippen molar-refractivity contribution in [2.24, 2.45) is 11.7 Å². The van der Waals surface area contributed by atoms with Gasteiger partial charge < -0.3 is 15.5 Å². The Hall–Kier alpha value is -2.50. The van der Waals surface area contributed by atoms with Crippen LogP contribution < -0.4 is 5.73 Å². The van der Waals surface area contributed by atoms with Crippen LogP contribution >= 0.6 is 0 Å². The molecule has 4 fully saturated rings. The number of nitrogens with two attached hydrogens (primary N) is 1. The van der Waals surface area contributed by atoms with Gasteiger partial charge in [-0.25, -0.2) is 4.39 Å². The summed E-state index contributed by atoms with van der Waals surface area (Å²) < 4.78 is 14.2. The molecule has 1 aliphatic carbocycles. The molecule has 3 saturated heterocycles. The van der Waals surface area contributed by atoms with Crippen molar-refractivity contribution in [3.63, 3.8) is 0 Å². The summed E-state index contributed by atoms with van der Waals surface area (Å²) >= 11 is 0. The number of hydrogen-bond donors (Lipinski definition) is 1. The number of nitriles is 1. The minimum Gasteiger partial charge on any atom is -0.330 e. The summed E-state index contributed by atoms with van der Waals surface area (Å²) in [5, 5.41) is 9.33. The monoisotopic (exact) mass is 411 g/mol. The van der Waals surface area contributed by atoms with Crippen LogP contribution in [0.3, 0.4) is 0 Å². The number of piperazine rings is 1. The van der Waals surface area contributed by atoms with Gasteiger partial charge in [0.25, 0.3) is 0 Å². The van der Waals surface area contributed by atoms with E-state index >= 15 is 0 Å². The largest absolute Gasteiger partial charge is 0.330 e. The van der Waals surface area contributed by atoms with E-state index < -0.39 is 6.04 Å². The van der Waals surface area contributed by atoms with Gasteiger partial charge >= 0.3 is 0 Å². The van der Waals surface area contributed by atoms with E-state index in [-0.39, 0.29) is 47.8 Å². The third-order valence-corrected chi connectivity index (χ3v) is 7.34. The Morgan fingerprint density at radius 1 is 1.33 bits per heavy atom. The van der Waals surface area contributed by atoms with Crippen molar-refractivity contribution < 1.29 is 14.0 Å². The van der Waals surface area contributed by atoms with Crippen molar-refractivity contribution in [2.45, 2.75) is 62.4 Å². The number of fused-ring (bicyclic) bond motifs is 3. The highest BCUT2D eigenvalue weighted by molar-refractivity contribution is 5.87. The molecule has 0 aromatic heterocycles. The number of carbonyl (C=O) groups excluding carboxylic acids is 2. The third kappa shape index (κ3) is 2.91. The Morgan fingerprint density at radius 3 is 2.80 bits per heavy atom. The number of amides is 2. The molecular weight excluding hydrogens is 385 g/mol. The Balaban J connectivity index is 1.24. The standard InChI is InChI=1S/C22H26FN5O2/c1-12(16-4-2-3-5-17(16)23)27-15-8-20(22(27)30)26(10-15)11-18(25)21(29)28-14(9-24)6-13-7-19(13)28/h2-5,12-15,18-20H,6-8,10-11,25H2,1H3/t12-,13?,14+,15?,18+,19+,20-/m1/s1. The molecule has 3 heterocycles. The molecule has 8 heteroatoms. The van der Waals surface area contributed by atoms with Gasteiger partial charge in [0.05, 0.1) is 24.2 Å². The lowest BCUT2D eigenvalue weighted by molar-refractivity contribution is -0.141. The molecule has 7 nitrogen and oxygen atoms in total. The van der Waals surface area contributed by atoms with Gasteiger partial charge in [-0.2, -0.15) is 5.26 Å². The van der Waals surface area contributed by atoms with Crippen LogP contribution in [0.4, 0.5) is 4.39 Å². The number of nitrogens with zero attached hydrogens (tertiary/aromatic N) is 4. The highest BCUT2D eigenvalue weighted by Gasteiger charge is 2.56. The molecule has 3 aliphatic heterocycles. The summed E-state index contributed by atoms with van der Waals surface area (Å²) in [6.07, 6.45) is 2.38. The zero-order valence-corrected chi connectivity index (χ0v) is 16.9. The molecule has 30 heavy (non-hydrogen) atoms. The Kier molecular flexibility index (Phi) is 4.56. The second kappa shape index (κ2) is 7.03.